The van der Waals surface area contributed by atoms with Crippen molar-refractivity contribution >= 4 is 28.8 Å². The monoisotopic (exact) mass is 630 g/mol. The maximum atomic E-state index is 16.2. The minimum Gasteiger partial charge on any atom is -0.347 e. The number of piperazine rings is 1. The number of nitrogens with zero attached hydrogens (tertiary/aromatic N) is 6. The van der Waals surface area contributed by atoms with Crippen LogP contribution in [0.3, 0.4) is 0 Å². The lowest BCUT2D eigenvalue weighted by Crippen LogP contribution is -2.59. The molecule has 0 saturated carbocycles. The van der Waals surface area contributed by atoms with E-state index >= 15 is 8.78 Å². The van der Waals surface area contributed by atoms with Gasteiger partial charge in [0.25, 0.3) is 5.91 Å². The Labute approximate surface area is 265 Å². The SMILES string of the molecule is C=Cc1cccc(F)c1-c1nc2c(cc1F)c(N1[C@@H](C)CN(C(=O)C(=C)F)C[C@@H]1C)nc(=O)n2-c1c(C(C)C)ccnc1C(C)C. The highest BCUT2D eigenvalue weighted by Crippen LogP contribution is 2.37. The summed E-state index contributed by atoms with van der Waals surface area (Å²) in [7, 11) is 0. The molecule has 1 fully saturated rings. The second-order valence-electron chi connectivity index (χ2n) is 12.3. The molecule has 240 valence electrons. The first kappa shape index (κ1) is 32.6. The lowest BCUT2D eigenvalue weighted by atomic mass is 9.96. The van der Waals surface area contributed by atoms with Gasteiger partial charge in [0.15, 0.2) is 17.3 Å². The van der Waals surface area contributed by atoms with Crippen molar-refractivity contribution in [2.75, 3.05) is 18.0 Å². The van der Waals surface area contributed by atoms with Crippen molar-refractivity contribution < 1.29 is 18.0 Å². The molecule has 3 aromatic heterocycles. The molecule has 2 atom stereocenters. The first-order valence-electron chi connectivity index (χ1n) is 15.2. The molecule has 46 heavy (non-hydrogen) atoms. The average Bonchev–Trinajstić information content (AvgIpc) is 2.99. The number of hydrogen-bond donors (Lipinski definition) is 0. The van der Waals surface area contributed by atoms with Crippen LogP contribution in [0.15, 0.2) is 60.3 Å². The fraction of sp³-hybridized carbons (Fsp3) is 0.343. The number of anilines is 1. The van der Waals surface area contributed by atoms with Gasteiger partial charge in [-0.1, -0.05) is 59.1 Å². The molecule has 0 unspecified atom stereocenters. The van der Waals surface area contributed by atoms with Crippen LogP contribution in [0.4, 0.5) is 19.0 Å². The van der Waals surface area contributed by atoms with Gasteiger partial charge in [-0.05, 0) is 55.0 Å². The zero-order chi connectivity index (χ0) is 33.6. The highest BCUT2D eigenvalue weighted by atomic mass is 19.1. The Bertz CT molecular complexity index is 1900. The van der Waals surface area contributed by atoms with Crippen molar-refractivity contribution in [1.29, 1.82) is 0 Å². The van der Waals surface area contributed by atoms with Gasteiger partial charge in [0.05, 0.1) is 16.8 Å². The Kier molecular flexibility index (Phi) is 8.88. The van der Waals surface area contributed by atoms with Crippen molar-refractivity contribution in [3.8, 4) is 16.9 Å². The van der Waals surface area contributed by atoms with Gasteiger partial charge in [0, 0.05) is 36.9 Å². The van der Waals surface area contributed by atoms with Crippen LogP contribution in [-0.4, -0.2) is 55.5 Å². The zero-order valence-electron chi connectivity index (χ0n) is 26.8. The number of carbonyl (C=O) groups excluding carboxylic acids is 1. The number of amides is 1. The lowest BCUT2D eigenvalue weighted by Gasteiger charge is -2.45. The predicted octanol–water partition coefficient (Wildman–Crippen LogP) is 6.92. The van der Waals surface area contributed by atoms with E-state index in [0.717, 1.165) is 5.56 Å². The van der Waals surface area contributed by atoms with Crippen LogP contribution >= 0.6 is 0 Å². The molecule has 4 heterocycles. The number of benzene rings is 1. The molecule has 0 aliphatic carbocycles. The number of halogens is 3. The van der Waals surface area contributed by atoms with Gasteiger partial charge in [-0.3, -0.25) is 9.78 Å². The van der Waals surface area contributed by atoms with Gasteiger partial charge in [-0.2, -0.15) is 4.98 Å². The van der Waals surface area contributed by atoms with E-state index in [-0.39, 0.29) is 53.0 Å². The molecule has 0 spiro atoms. The molecule has 0 bridgehead atoms. The van der Waals surface area contributed by atoms with Crippen LogP contribution in [0.2, 0.25) is 0 Å². The van der Waals surface area contributed by atoms with E-state index in [1.807, 2.05) is 38.7 Å². The van der Waals surface area contributed by atoms with E-state index < -0.39 is 41.1 Å². The molecule has 1 saturated heterocycles. The minimum atomic E-state index is -1.07. The third-order valence-corrected chi connectivity index (χ3v) is 8.36. The molecular formula is C35H37F3N6O2. The summed E-state index contributed by atoms with van der Waals surface area (Å²) in [4.78, 5) is 43.7. The number of aromatic nitrogens is 4. The maximum Gasteiger partial charge on any atom is 0.355 e. The fourth-order valence-electron chi connectivity index (χ4n) is 6.34. The second-order valence-corrected chi connectivity index (χ2v) is 12.3. The highest BCUT2D eigenvalue weighted by Gasteiger charge is 2.36. The molecule has 1 aliphatic heterocycles. The normalized spacial score (nSPS) is 16.8. The summed E-state index contributed by atoms with van der Waals surface area (Å²) >= 11 is 0. The van der Waals surface area contributed by atoms with E-state index in [1.165, 1.54) is 33.7 Å². The summed E-state index contributed by atoms with van der Waals surface area (Å²) in [6.45, 7) is 18.6. The standard InChI is InChI=1S/C35H37F3N6O2/c1-9-23-11-10-12-26(37)28(23)30-27(38)15-25-32(40-30)44(31-24(18(2)3)13-14-39-29(31)19(4)5)35(46)41-33(25)43-20(6)16-42(17-21(43)7)34(45)22(8)36/h9-15,18-21H,1,8,16-17H2,2-7H3/t20-,21-/m0/s1. The summed E-state index contributed by atoms with van der Waals surface area (Å²) in [5, 5.41) is 0.207. The summed E-state index contributed by atoms with van der Waals surface area (Å²) in [6.07, 6.45) is 3.10. The van der Waals surface area contributed by atoms with Crippen molar-refractivity contribution in [1.82, 2.24) is 24.4 Å². The van der Waals surface area contributed by atoms with Crippen LogP contribution in [0.5, 0.6) is 0 Å². The minimum absolute atomic E-state index is 0.0353. The lowest BCUT2D eigenvalue weighted by molar-refractivity contribution is -0.129. The van der Waals surface area contributed by atoms with E-state index in [2.05, 4.69) is 23.1 Å². The number of rotatable bonds is 7. The summed E-state index contributed by atoms with van der Waals surface area (Å²) in [5.74, 6) is -3.39. The molecule has 11 heteroatoms. The molecule has 0 radical (unpaired) electrons. The van der Waals surface area contributed by atoms with Crippen molar-refractivity contribution in [2.24, 2.45) is 0 Å². The fourth-order valence-corrected chi connectivity index (χ4v) is 6.34. The Hall–Kier alpha value is -4.80. The van der Waals surface area contributed by atoms with Crippen LogP contribution in [0.25, 0.3) is 34.1 Å². The van der Waals surface area contributed by atoms with E-state index in [9.17, 15) is 14.0 Å². The molecule has 1 aliphatic rings. The quantitative estimate of drug-likeness (QED) is 0.206. The number of carbonyl (C=O) groups is 1. The first-order chi connectivity index (χ1) is 21.8. The number of pyridine rings is 2. The van der Waals surface area contributed by atoms with Crippen LogP contribution in [0, 0.1) is 11.6 Å². The summed E-state index contributed by atoms with van der Waals surface area (Å²) in [6, 6.07) is 6.46. The van der Waals surface area contributed by atoms with Crippen molar-refractivity contribution in [3.63, 3.8) is 0 Å². The number of fused-ring (bicyclic) bond motifs is 1. The Morgan fingerprint density at radius 1 is 1.02 bits per heavy atom. The predicted molar refractivity (Wildman–Crippen MR) is 175 cm³/mol. The molecule has 1 amide bonds. The summed E-state index contributed by atoms with van der Waals surface area (Å²) in [5.41, 5.74) is 1.25. The third kappa shape index (κ3) is 5.59. The molecule has 1 aromatic carbocycles. The van der Waals surface area contributed by atoms with Crippen LogP contribution in [-0.2, 0) is 4.79 Å². The highest BCUT2D eigenvalue weighted by molar-refractivity contribution is 5.93. The summed E-state index contributed by atoms with van der Waals surface area (Å²) < 4.78 is 46.7. The van der Waals surface area contributed by atoms with Crippen molar-refractivity contribution in [3.05, 3.63) is 94.5 Å². The third-order valence-electron chi connectivity index (χ3n) is 8.36. The molecule has 0 N–H and O–H groups in total. The molecular weight excluding hydrogens is 593 g/mol. The first-order valence-corrected chi connectivity index (χ1v) is 15.2. The maximum absolute atomic E-state index is 16.2. The van der Waals surface area contributed by atoms with E-state index in [0.29, 0.717) is 16.9 Å². The molecule has 8 nitrogen and oxygen atoms in total. The second kappa shape index (κ2) is 12.5. The molecule has 5 rings (SSSR count). The van der Waals surface area contributed by atoms with Crippen LogP contribution in [0.1, 0.15) is 70.2 Å². The number of hydrogen-bond acceptors (Lipinski definition) is 6. The van der Waals surface area contributed by atoms with Gasteiger partial charge in [0.2, 0.25) is 0 Å². The Morgan fingerprint density at radius 2 is 1.70 bits per heavy atom. The van der Waals surface area contributed by atoms with Gasteiger partial charge < -0.3 is 9.80 Å². The van der Waals surface area contributed by atoms with Gasteiger partial charge in [0.1, 0.15) is 17.3 Å². The zero-order valence-corrected chi connectivity index (χ0v) is 26.8. The smallest absolute Gasteiger partial charge is 0.347 e. The average molecular weight is 631 g/mol. The van der Waals surface area contributed by atoms with E-state index in [4.69, 9.17) is 4.98 Å². The van der Waals surface area contributed by atoms with E-state index in [1.54, 1.807) is 26.1 Å². The van der Waals surface area contributed by atoms with Gasteiger partial charge in [-0.25, -0.2) is 27.5 Å². The van der Waals surface area contributed by atoms with Gasteiger partial charge >= 0.3 is 5.69 Å². The van der Waals surface area contributed by atoms with Crippen LogP contribution < -0.4 is 10.6 Å². The topological polar surface area (TPSA) is 84.2 Å². The Morgan fingerprint density at radius 3 is 2.28 bits per heavy atom. The molecule has 4 aromatic rings. The largest absolute Gasteiger partial charge is 0.355 e. The van der Waals surface area contributed by atoms with Crippen molar-refractivity contribution in [2.45, 2.75) is 65.5 Å². The Balaban J connectivity index is 1.88. The van der Waals surface area contributed by atoms with Gasteiger partial charge in [-0.15, -0.1) is 0 Å².